The molecule has 0 aliphatic carbocycles. The molecule has 1 atom stereocenters. The zero-order chi connectivity index (χ0) is 13.1. The molecule has 96 valence electrons. The van der Waals surface area contributed by atoms with Crippen molar-refractivity contribution in [2.75, 3.05) is 6.61 Å². The van der Waals surface area contributed by atoms with Gasteiger partial charge in [-0.05, 0) is 23.0 Å². The van der Waals surface area contributed by atoms with Gasteiger partial charge in [0.2, 0.25) is 0 Å². The first kappa shape index (κ1) is 14.2. The normalized spacial score (nSPS) is 14.7. The number of aromatic nitrogens is 1. The molecule has 2 heteroatoms. The minimum absolute atomic E-state index is 0.0444. The second kappa shape index (κ2) is 5.18. The zero-order valence-corrected chi connectivity index (χ0v) is 11.9. The molecule has 0 saturated heterocycles. The van der Waals surface area contributed by atoms with Crippen LogP contribution in [0.5, 0.6) is 0 Å². The van der Waals surface area contributed by atoms with E-state index in [-0.39, 0.29) is 16.9 Å². The van der Waals surface area contributed by atoms with Crippen molar-refractivity contribution >= 4 is 0 Å². The van der Waals surface area contributed by atoms with Crippen LogP contribution in [0.2, 0.25) is 0 Å². The van der Waals surface area contributed by atoms with Gasteiger partial charge >= 0.3 is 0 Å². The lowest BCUT2D eigenvalue weighted by atomic mass is 9.86. The highest BCUT2D eigenvalue weighted by atomic mass is 16.5. The third kappa shape index (κ3) is 4.86. The highest BCUT2D eigenvalue weighted by molar-refractivity contribution is 5.09. The van der Waals surface area contributed by atoms with E-state index in [2.05, 4.69) is 46.5 Å². The van der Waals surface area contributed by atoms with Gasteiger partial charge in [0.05, 0.1) is 12.3 Å². The predicted octanol–water partition coefficient (Wildman–Crippen LogP) is 4.23. The SMILES string of the molecule is CC(C)(C)COC(c1ccccn1)C(C)(C)C. The summed E-state index contributed by atoms with van der Waals surface area (Å²) in [7, 11) is 0. The van der Waals surface area contributed by atoms with Gasteiger partial charge in [0.1, 0.15) is 6.10 Å². The van der Waals surface area contributed by atoms with E-state index in [1.54, 1.807) is 0 Å². The number of hydrogen-bond acceptors (Lipinski definition) is 2. The Morgan fingerprint density at radius 3 is 2.18 bits per heavy atom. The molecular formula is C15H25NO. The summed E-state index contributed by atoms with van der Waals surface area (Å²) >= 11 is 0. The average molecular weight is 235 g/mol. The zero-order valence-electron chi connectivity index (χ0n) is 11.9. The first-order valence-electron chi connectivity index (χ1n) is 6.23. The number of ether oxygens (including phenoxy) is 1. The Morgan fingerprint density at radius 2 is 1.76 bits per heavy atom. The van der Waals surface area contributed by atoms with Crippen molar-refractivity contribution in [1.29, 1.82) is 0 Å². The second-order valence-electron chi connectivity index (χ2n) is 6.87. The van der Waals surface area contributed by atoms with E-state index in [1.165, 1.54) is 0 Å². The standard InChI is InChI=1S/C15H25NO/c1-14(2,3)11-17-13(15(4,5)6)12-9-7-8-10-16-12/h7-10,13H,11H2,1-6H3. The summed E-state index contributed by atoms with van der Waals surface area (Å²) in [5, 5.41) is 0. The summed E-state index contributed by atoms with van der Waals surface area (Å²) in [6.07, 6.45) is 1.87. The first-order valence-corrected chi connectivity index (χ1v) is 6.23. The lowest BCUT2D eigenvalue weighted by molar-refractivity contribution is -0.0518. The van der Waals surface area contributed by atoms with Crippen LogP contribution in [0.25, 0.3) is 0 Å². The van der Waals surface area contributed by atoms with Crippen LogP contribution in [0.4, 0.5) is 0 Å². The van der Waals surface area contributed by atoms with Gasteiger partial charge in [-0.25, -0.2) is 0 Å². The van der Waals surface area contributed by atoms with E-state index < -0.39 is 0 Å². The molecule has 1 rings (SSSR count). The molecule has 0 spiro atoms. The van der Waals surface area contributed by atoms with Crippen LogP contribution in [-0.4, -0.2) is 11.6 Å². The number of pyridine rings is 1. The molecule has 0 saturated carbocycles. The van der Waals surface area contributed by atoms with E-state index in [0.29, 0.717) is 0 Å². The molecule has 0 aliphatic rings. The Kier molecular flexibility index (Phi) is 4.31. The Morgan fingerprint density at radius 1 is 1.12 bits per heavy atom. The van der Waals surface area contributed by atoms with Crippen LogP contribution >= 0.6 is 0 Å². The molecular weight excluding hydrogens is 210 g/mol. The van der Waals surface area contributed by atoms with Crippen LogP contribution in [-0.2, 0) is 4.74 Å². The van der Waals surface area contributed by atoms with Gasteiger partial charge in [0.15, 0.2) is 0 Å². The Balaban J connectivity index is 2.83. The molecule has 0 N–H and O–H groups in total. The van der Waals surface area contributed by atoms with Crippen LogP contribution < -0.4 is 0 Å². The molecule has 17 heavy (non-hydrogen) atoms. The van der Waals surface area contributed by atoms with Gasteiger partial charge in [0.25, 0.3) is 0 Å². The van der Waals surface area contributed by atoms with Crippen molar-refractivity contribution in [3.63, 3.8) is 0 Å². The molecule has 0 aliphatic heterocycles. The Hall–Kier alpha value is -0.890. The molecule has 1 aromatic rings. The van der Waals surface area contributed by atoms with E-state index in [4.69, 9.17) is 4.74 Å². The van der Waals surface area contributed by atoms with E-state index in [0.717, 1.165) is 12.3 Å². The summed E-state index contributed by atoms with van der Waals surface area (Å²) in [5.74, 6) is 0. The van der Waals surface area contributed by atoms with Crippen LogP contribution in [0.3, 0.4) is 0 Å². The molecule has 0 amide bonds. The lowest BCUT2D eigenvalue weighted by Gasteiger charge is -2.32. The number of hydrogen-bond donors (Lipinski definition) is 0. The minimum atomic E-state index is 0.0444. The van der Waals surface area contributed by atoms with Gasteiger partial charge in [-0.1, -0.05) is 47.6 Å². The van der Waals surface area contributed by atoms with Crippen LogP contribution in [0, 0.1) is 10.8 Å². The summed E-state index contributed by atoms with van der Waals surface area (Å²) in [4.78, 5) is 4.42. The first-order chi connectivity index (χ1) is 7.70. The maximum atomic E-state index is 6.09. The molecule has 0 aromatic carbocycles. The van der Waals surface area contributed by atoms with E-state index in [1.807, 2.05) is 24.4 Å². The quantitative estimate of drug-likeness (QED) is 0.782. The third-order valence-corrected chi connectivity index (χ3v) is 2.43. The molecule has 0 radical (unpaired) electrons. The summed E-state index contributed by atoms with van der Waals surface area (Å²) in [5.41, 5.74) is 1.25. The maximum absolute atomic E-state index is 6.09. The molecule has 2 nitrogen and oxygen atoms in total. The van der Waals surface area contributed by atoms with Gasteiger partial charge in [-0.3, -0.25) is 4.98 Å². The van der Waals surface area contributed by atoms with Crippen molar-refractivity contribution in [3.05, 3.63) is 30.1 Å². The average Bonchev–Trinajstić information content (AvgIpc) is 2.15. The Bertz CT molecular complexity index is 332. The van der Waals surface area contributed by atoms with Crippen LogP contribution in [0.1, 0.15) is 53.3 Å². The predicted molar refractivity (Wildman–Crippen MR) is 71.8 cm³/mol. The monoisotopic (exact) mass is 235 g/mol. The topological polar surface area (TPSA) is 22.1 Å². The van der Waals surface area contributed by atoms with Crippen molar-refractivity contribution in [1.82, 2.24) is 4.98 Å². The van der Waals surface area contributed by atoms with Crippen LogP contribution in [0.15, 0.2) is 24.4 Å². The summed E-state index contributed by atoms with van der Waals surface area (Å²) < 4.78 is 6.09. The van der Waals surface area contributed by atoms with Gasteiger partial charge in [0, 0.05) is 6.20 Å². The fourth-order valence-electron chi connectivity index (χ4n) is 1.64. The third-order valence-electron chi connectivity index (χ3n) is 2.43. The molecule has 0 fully saturated rings. The summed E-state index contributed by atoms with van der Waals surface area (Å²) in [6.45, 7) is 13.9. The molecule has 1 heterocycles. The molecule has 1 unspecified atom stereocenters. The smallest absolute Gasteiger partial charge is 0.104 e. The van der Waals surface area contributed by atoms with Gasteiger partial charge in [-0.15, -0.1) is 0 Å². The molecule has 1 aromatic heterocycles. The van der Waals surface area contributed by atoms with E-state index >= 15 is 0 Å². The van der Waals surface area contributed by atoms with E-state index in [9.17, 15) is 0 Å². The highest BCUT2D eigenvalue weighted by Gasteiger charge is 2.29. The molecule has 0 bridgehead atoms. The largest absolute Gasteiger partial charge is 0.371 e. The fourth-order valence-corrected chi connectivity index (χ4v) is 1.64. The van der Waals surface area contributed by atoms with Crippen molar-refractivity contribution < 1.29 is 4.74 Å². The second-order valence-corrected chi connectivity index (χ2v) is 6.87. The fraction of sp³-hybridized carbons (Fsp3) is 0.667. The van der Waals surface area contributed by atoms with Gasteiger partial charge < -0.3 is 4.74 Å². The maximum Gasteiger partial charge on any atom is 0.104 e. The highest BCUT2D eigenvalue weighted by Crippen LogP contribution is 2.36. The van der Waals surface area contributed by atoms with Crippen molar-refractivity contribution in [2.45, 2.75) is 47.6 Å². The number of nitrogens with zero attached hydrogens (tertiary/aromatic N) is 1. The Labute approximate surface area is 105 Å². The van der Waals surface area contributed by atoms with Crippen molar-refractivity contribution in [2.24, 2.45) is 10.8 Å². The lowest BCUT2D eigenvalue weighted by Crippen LogP contribution is -2.26. The summed E-state index contributed by atoms with van der Waals surface area (Å²) in [6, 6.07) is 5.99. The number of rotatable bonds is 3. The van der Waals surface area contributed by atoms with Gasteiger partial charge in [-0.2, -0.15) is 0 Å². The van der Waals surface area contributed by atoms with Crippen molar-refractivity contribution in [3.8, 4) is 0 Å². The minimum Gasteiger partial charge on any atom is -0.371 e.